The van der Waals surface area contributed by atoms with Gasteiger partial charge < -0.3 is 10.3 Å². The first-order valence-corrected chi connectivity index (χ1v) is 12.5. The molecule has 0 radical (unpaired) electrons. The zero-order chi connectivity index (χ0) is 25.0. The molecule has 7 heteroatoms. The van der Waals surface area contributed by atoms with Crippen LogP contribution in [0.1, 0.15) is 45.9 Å². The fourth-order valence-corrected chi connectivity index (χ4v) is 4.16. The first-order valence-electron chi connectivity index (χ1n) is 12.1. The average molecular weight is 500 g/mol. The summed E-state index contributed by atoms with van der Waals surface area (Å²) in [5.41, 5.74) is 4.08. The Morgan fingerprint density at radius 3 is 2.33 bits per heavy atom. The number of amides is 1. The Morgan fingerprint density at radius 2 is 1.64 bits per heavy atom. The molecule has 0 aliphatic carbocycles. The molecule has 0 aliphatic rings. The maximum absolute atomic E-state index is 12.8. The van der Waals surface area contributed by atoms with E-state index in [0.717, 1.165) is 30.0 Å². The summed E-state index contributed by atoms with van der Waals surface area (Å²) in [6.45, 7) is 1.21. The lowest BCUT2D eigenvalue weighted by atomic mass is 9.88. The van der Waals surface area contributed by atoms with Crippen LogP contribution in [0.5, 0.6) is 0 Å². The highest BCUT2D eigenvalue weighted by Gasteiger charge is 2.15. The summed E-state index contributed by atoms with van der Waals surface area (Å²) < 4.78 is 0. The van der Waals surface area contributed by atoms with Crippen molar-refractivity contribution < 1.29 is 4.79 Å². The number of halogens is 1. The van der Waals surface area contributed by atoms with Crippen molar-refractivity contribution in [2.24, 2.45) is 4.99 Å². The third kappa shape index (κ3) is 7.55. The molecule has 3 aromatic carbocycles. The maximum atomic E-state index is 12.8. The van der Waals surface area contributed by atoms with Crippen LogP contribution in [0.4, 0.5) is 0 Å². The van der Waals surface area contributed by atoms with Crippen LogP contribution in [0.2, 0.25) is 5.02 Å². The molecule has 0 saturated carbocycles. The van der Waals surface area contributed by atoms with E-state index >= 15 is 0 Å². The summed E-state index contributed by atoms with van der Waals surface area (Å²) in [5.74, 6) is 0.478. The van der Waals surface area contributed by atoms with E-state index in [4.69, 9.17) is 11.6 Å². The quantitative estimate of drug-likeness (QED) is 0.151. The van der Waals surface area contributed by atoms with Crippen molar-refractivity contribution in [2.45, 2.75) is 25.2 Å². The number of carbonyl (C=O) groups excluding carboxylic acids is 1. The third-order valence-electron chi connectivity index (χ3n) is 5.90. The van der Waals surface area contributed by atoms with Gasteiger partial charge in [-0.15, -0.1) is 0 Å². The van der Waals surface area contributed by atoms with Crippen LogP contribution in [-0.4, -0.2) is 34.9 Å². The molecule has 0 spiro atoms. The van der Waals surface area contributed by atoms with E-state index in [1.54, 1.807) is 18.5 Å². The van der Waals surface area contributed by atoms with Crippen LogP contribution >= 0.6 is 11.6 Å². The second-order valence-corrected chi connectivity index (χ2v) is 8.90. The predicted octanol–water partition coefficient (Wildman–Crippen LogP) is 5.59. The summed E-state index contributed by atoms with van der Waals surface area (Å²) in [7, 11) is 0. The summed E-state index contributed by atoms with van der Waals surface area (Å²) in [5, 5.41) is 7.04. The Balaban J connectivity index is 1.43. The largest absolute Gasteiger partial charge is 0.356 e. The zero-order valence-corrected chi connectivity index (χ0v) is 20.8. The van der Waals surface area contributed by atoms with Gasteiger partial charge in [0.2, 0.25) is 0 Å². The number of guanidine groups is 1. The van der Waals surface area contributed by atoms with E-state index in [2.05, 4.69) is 62.0 Å². The molecule has 1 heterocycles. The van der Waals surface area contributed by atoms with Gasteiger partial charge in [-0.05, 0) is 54.7 Å². The summed E-state index contributed by atoms with van der Waals surface area (Å²) in [6.07, 6.45) is 6.00. The monoisotopic (exact) mass is 499 g/mol. The summed E-state index contributed by atoms with van der Waals surface area (Å²) in [4.78, 5) is 24.6. The lowest BCUT2D eigenvalue weighted by molar-refractivity contribution is 0.0975. The minimum atomic E-state index is -0.187. The fraction of sp³-hybridized carbons (Fsp3) is 0.207. The first kappa shape index (κ1) is 25.2. The van der Waals surface area contributed by atoms with Crippen molar-refractivity contribution in [3.05, 3.63) is 125 Å². The number of hydrogen-bond acceptors (Lipinski definition) is 3. The zero-order valence-electron chi connectivity index (χ0n) is 20.0. The molecule has 6 nitrogen and oxygen atoms in total. The van der Waals surface area contributed by atoms with Crippen LogP contribution < -0.4 is 10.6 Å². The molecule has 4 rings (SSSR count). The number of imidazole rings is 1. The maximum Gasteiger partial charge on any atom is 0.257 e. The highest BCUT2D eigenvalue weighted by atomic mass is 35.5. The van der Waals surface area contributed by atoms with Crippen molar-refractivity contribution >= 4 is 23.5 Å². The van der Waals surface area contributed by atoms with Crippen molar-refractivity contribution in [2.75, 3.05) is 13.1 Å². The Kier molecular flexibility index (Phi) is 9.28. The van der Waals surface area contributed by atoms with Gasteiger partial charge in [-0.1, -0.05) is 72.3 Å². The predicted molar refractivity (Wildman–Crippen MR) is 145 cm³/mol. The molecular formula is C29H30ClN5O. The van der Waals surface area contributed by atoms with Crippen molar-refractivity contribution in [3.8, 4) is 0 Å². The van der Waals surface area contributed by atoms with Gasteiger partial charge in [-0.2, -0.15) is 0 Å². The van der Waals surface area contributed by atoms with E-state index in [1.807, 2.05) is 42.6 Å². The van der Waals surface area contributed by atoms with Gasteiger partial charge in [0.25, 0.3) is 5.91 Å². The molecule has 4 aromatic rings. The summed E-state index contributed by atoms with van der Waals surface area (Å²) in [6, 6.07) is 27.6. The van der Waals surface area contributed by atoms with Gasteiger partial charge in [0.1, 0.15) is 0 Å². The van der Waals surface area contributed by atoms with E-state index in [9.17, 15) is 4.79 Å². The van der Waals surface area contributed by atoms with Crippen molar-refractivity contribution in [1.82, 2.24) is 20.6 Å². The number of nitrogens with one attached hydrogen (secondary N) is 3. The number of aryl methyl sites for hydroxylation is 1. The second kappa shape index (κ2) is 13.3. The Hall–Kier alpha value is -3.90. The number of benzene rings is 3. The molecule has 0 bridgehead atoms. The Morgan fingerprint density at radius 1 is 0.944 bits per heavy atom. The molecule has 1 aromatic heterocycles. The summed E-state index contributed by atoms with van der Waals surface area (Å²) >= 11 is 6.13. The van der Waals surface area contributed by atoms with Gasteiger partial charge in [0.05, 0.1) is 6.33 Å². The SMILES string of the molecule is O=C(NC(=NCCCc1cnc[nH]1)NCCC(c1ccccc1)c1ccc(Cl)cc1)c1ccccc1. The van der Waals surface area contributed by atoms with Crippen LogP contribution in [0, 0.1) is 0 Å². The Labute approximate surface area is 216 Å². The second-order valence-electron chi connectivity index (χ2n) is 8.46. The third-order valence-corrected chi connectivity index (χ3v) is 6.15. The van der Waals surface area contributed by atoms with E-state index in [0.29, 0.717) is 24.6 Å². The molecule has 0 fully saturated rings. The van der Waals surface area contributed by atoms with Gasteiger partial charge in [-0.25, -0.2) is 4.98 Å². The van der Waals surface area contributed by atoms with E-state index in [-0.39, 0.29) is 11.8 Å². The molecule has 0 saturated heterocycles. The van der Waals surface area contributed by atoms with E-state index < -0.39 is 0 Å². The fourth-order valence-electron chi connectivity index (χ4n) is 4.03. The standard InChI is InChI=1S/C29H30ClN5O/c30-25-15-13-23(14-16-25)27(22-8-3-1-4-9-22)17-19-33-29(32-18-7-12-26-20-31-21-34-26)35-28(36)24-10-5-2-6-11-24/h1-6,8-11,13-16,20-21,27H,7,12,17-19H2,(H,31,34)(H2,32,33,35,36). The number of nitrogens with zero attached hydrogens (tertiary/aromatic N) is 2. The number of rotatable bonds is 10. The van der Waals surface area contributed by atoms with Crippen LogP contribution in [0.15, 0.2) is 102 Å². The molecule has 3 N–H and O–H groups in total. The molecule has 36 heavy (non-hydrogen) atoms. The number of aliphatic imine (C=N–C) groups is 1. The smallest absolute Gasteiger partial charge is 0.257 e. The lowest BCUT2D eigenvalue weighted by Crippen LogP contribution is -2.42. The van der Waals surface area contributed by atoms with E-state index in [1.165, 1.54) is 11.1 Å². The number of carbonyl (C=O) groups is 1. The van der Waals surface area contributed by atoms with Crippen molar-refractivity contribution in [1.29, 1.82) is 0 Å². The van der Waals surface area contributed by atoms with Gasteiger partial charge in [0, 0.05) is 41.5 Å². The Bertz CT molecular complexity index is 1230. The molecule has 0 aliphatic heterocycles. The first-order chi connectivity index (χ1) is 17.7. The average Bonchev–Trinajstić information content (AvgIpc) is 3.44. The van der Waals surface area contributed by atoms with Gasteiger partial charge >= 0.3 is 0 Å². The van der Waals surface area contributed by atoms with Crippen LogP contribution in [-0.2, 0) is 6.42 Å². The van der Waals surface area contributed by atoms with Crippen LogP contribution in [0.3, 0.4) is 0 Å². The molecule has 184 valence electrons. The molecule has 1 unspecified atom stereocenters. The minimum Gasteiger partial charge on any atom is -0.356 e. The minimum absolute atomic E-state index is 0.183. The van der Waals surface area contributed by atoms with Crippen LogP contribution in [0.25, 0.3) is 0 Å². The number of H-pyrrole nitrogens is 1. The number of aromatic amines is 1. The molecular weight excluding hydrogens is 470 g/mol. The van der Waals surface area contributed by atoms with Gasteiger partial charge in [0.15, 0.2) is 5.96 Å². The number of hydrogen-bond donors (Lipinski definition) is 3. The van der Waals surface area contributed by atoms with Crippen molar-refractivity contribution in [3.63, 3.8) is 0 Å². The topological polar surface area (TPSA) is 82.2 Å². The highest BCUT2D eigenvalue weighted by Crippen LogP contribution is 2.28. The van der Waals surface area contributed by atoms with Gasteiger partial charge in [-0.3, -0.25) is 15.1 Å². The highest BCUT2D eigenvalue weighted by molar-refractivity contribution is 6.30. The molecule has 1 amide bonds. The lowest BCUT2D eigenvalue weighted by Gasteiger charge is -2.19. The number of aromatic nitrogens is 2. The molecule has 1 atom stereocenters. The normalized spacial score (nSPS) is 12.2.